The Balaban J connectivity index is 2.26. The molecule has 0 saturated carbocycles. The van der Waals surface area contributed by atoms with Crippen LogP contribution < -0.4 is 0 Å². The zero-order valence-corrected chi connectivity index (χ0v) is 9.54. The number of aliphatic hydroxyl groups is 1. The van der Waals surface area contributed by atoms with Gasteiger partial charge in [0.1, 0.15) is 0 Å². The summed E-state index contributed by atoms with van der Waals surface area (Å²) in [6, 6.07) is 0.815. The Hall–Kier alpha value is -0.0800. The predicted molar refractivity (Wildman–Crippen MR) is 60.4 cm³/mol. The molecule has 2 nitrogen and oxygen atoms in total. The lowest BCUT2D eigenvalue weighted by atomic mass is 9.97. The molecule has 1 aliphatic rings. The molecule has 14 heavy (non-hydrogen) atoms. The lowest BCUT2D eigenvalue weighted by Gasteiger charge is -2.35. The monoisotopic (exact) mass is 199 g/mol. The summed E-state index contributed by atoms with van der Waals surface area (Å²) in [5.41, 5.74) is 0. The van der Waals surface area contributed by atoms with Gasteiger partial charge in [-0.05, 0) is 32.2 Å². The van der Waals surface area contributed by atoms with Crippen molar-refractivity contribution in [1.82, 2.24) is 4.90 Å². The predicted octanol–water partition coefficient (Wildman–Crippen LogP) is 2.41. The first kappa shape index (κ1) is 12.0. The Bertz CT molecular complexity index is 122. The van der Waals surface area contributed by atoms with Crippen molar-refractivity contribution in [2.24, 2.45) is 0 Å². The molecule has 1 saturated heterocycles. The molecule has 1 unspecified atom stereocenters. The number of aliphatic hydroxyl groups excluding tert-OH is 1. The van der Waals surface area contributed by atoms with Gasteiger partial charge >= 0.3 is 0 Å². The van der Waals surface area contributed by atoms with Crippen LogP contribution in [-0.2, 0) is 0 Å². The van der Waals surface area contributed by atoms with Crippen molar-refractivity contribution in [3.63, 3.8) is 0 Å². The van der Waals surface area contributed by atoms with Crippen LogP contribution in [0, 0.1) is 0 Å². The van der Waals surface area contributed by atoms with Crippen LogP contribution >= 0.6 is 0 Å². The zero-order valence-electron chi connectivity index (χ0n) is 9.54. The molecular weight excluding hydrogens is 174 g/mol. The van der Waals surface area contributed by atoms with E-state index in [1.807, 2.05) is 0 Å². The van der Waals surface area contributed by atoms with E-state index in [0.29, 0.717) is 6.61 Å². The maximum absolute atomic E-state index is 8.83. The van der Waals surface area contributed by atoms with Gasteiger partial charge in [-0.2, -0.15) is 0 Å². The van der Waals surface area contributed by atoms with Crippen molar-refractivity contribution in [1.29, 1.82) is 0 Å². The fourth-order valence-electron chi connectivity index (χ4n) is 2.39. The molecule has 0 radical (unpaired) electrons. The van der Waals surface area contributed by atoms with E-state index < -0.39 is 0 Å². The third kappa shape index (κ3) is 3.97. The third-order valence-corrected chi connectivity index (χ3v) is 3.24. The average molecular weight is 199 g/mol. The second-order valence-corrected chi connectivity index (χ2v) is 4.40. The largest absolute Gasteiger partial charge is 0.396 e. The molecule has 1 N–H and O–H groups in total. The van der Waals surface area contributed by atoms with Gasteiger partial charge in [-0.3, -0.25) is 0 Å². The summed E-state index contributed by atoms with van der Waals surface area (Å²) >= 11 is 0. The van der Waals surface area contributed by atoms with E-state index in [4.69, 9.17) is 5.11 Å². The Morgan fingerprint density at radius 1 is 1.29 bits per heavy atom. The van der Waals surface area contributed by atoms with Crippen molar-refractivity contribution in [3.05, 3.63) is 0 Å². The number of rotatable bonds is 6. The topological polar surface area (TPSA) is 23.5 Å². The van der Waals surface area contributed by atoms with E-state index in [9.17, 15) is 0 Å². The van der Waals surface area contributed by atoms with E-state index in [0.717, 1.165) is 19.0 Å². The fourth-order valence-corrected chi connectivity index (χ4v) is 2.39. The maximum Gasteiger partial charge on any atom is 0.0443 e. The molecule has 0 aromatic carbocycles. The van der Waals surface area contributed by atoms with E-state index in [-0.39, 0.29) is 0 Å². The minimum Gasteiger partial charge on any atom is -0.396 e. The van der Waals surface area contributed by atoms with Crippen LogP contribution in [0.3, 0.4) is 0 Å². The molecule has 1 heterocycles. The lowest BCUT2D eigenvalue weighted by molar-refractivity contribution is 0.126. The molecule has 1 fully saturated rings. The summed E-state index contributed by atoms with van der Waals surface area (Å²) in [6.07, 6.45) is 9.12. The molecular formula is C12H25NO. The van der Waals surface area contributed by atoms with Crippen LogP contribution in [0.25, 0.3) is 0 Å². The van der Waals surface area contributed by atoms with E-state index in [1.54, 1.807) is 0 Å². The fraction of sp³-hybridized carbons (Fsp3) is 1.00. The molecule has 0 spiro atoms. The van der Waals surface area contributed by atoms with Crippen LogP contribution in [0.4, 0.5) is 0 Å². The molecule has 1 rings (SSSR count). The molecule has 0 bridgehead atoms. The minimum atomic E-state index is 0.344. The van der Waals surface area contributed by atoms with Gasteiger partial charge < -0.3 is 10.0 Å². The third-order valence-electron chi connectivity index (χ3n) is 3.24. The standard InChI is InChI=1S/C12H25NO/c1-2-3-7-12-8-4-5-9-13(12)10-6-11-14/h12,14H,2-11H2,1H3. The van der Waals surface area contributed by atoms with Crippen molar-refractivity contribution in [2.75, 3.05) is 19.7 Å². The molecule has 1 atom stereocenters. The maximum atomic E-state index is 8.83. The smallest absolute Gasteiger partial charge is 0.0443 e. The summed E-state index contributed by atoms with van der Waals surface area (Å²) in [7, 11) is 0. The van der Waals surface area contributed by atoms with E-state index >= 15 is 0 Å². The first-order valence-corrected chi connectivity index (χ1v) is 6.23. The van der Waals surface area contributed by atoms with Gasteiger partial charge in [0.2, 0.25) is 0 Å². The molecule has 2 heteroatoms. The zero-order chi connectivity index (χ0) is 10.2. The molecule has 0 aliphatic carbocycles. The van der Waals surface area contributed by atoms with Gasteiger partial charge in [-0.25, -0.2) is 0 Å². The van der Waals surface area contributed by atoms with E-state index in [1.165, 1.54) is 45.1 Å². The first-order chi connectivity index (χ1) is 6.88. The van der Waals surface area contributed by atoms with Gasteiger partial charge in [0.05, 0.1) is 0 Å². The number of unbranched alkanes of at least 4 members (excludes halogenated alkanes) is 1. The summed E-state index contributed by atoms with van der Waals surface area (Å²) in [5.74, 6) is 0. The molecule has 84 valence electrons. The highest BCUT2D eigenvalue weighted by Crippen LogP contribution is 2.21. The van der Waals surface area contributed by atoms with Crippen molar-refractivity contribution in [3.8, 4) is 0 Å². The van der Waals surface area contributed by atoms with Crippen LogP contribution in [0.5, 0.6) is 0 Å². The highest BCUT2D eigenvalue weighted by atomic mass is 16.3. The number of likely N-dealkylation sites (tertiary alicyclic amines) is 1. The van der Waals surface area contributed by atoms with Crippen LogP contribution in [0.1, 0.15) is 51.9 Å². The van der Waals surface area contributed by atoms with Crippen molar-refractivity contribution >= 4 is 0 Å². The second kappa shape index (κ2) is 7.24. The normalized spacial score (nSPS) is 24.0. The SMILES string of the molecule is CCCCC1CCCCN1CCCO. The molecule has 0 aromatic heterocycles. The average Bonchev–Trinajstić information content (AvgIpc) is 2.24. The van der Waals surface area contributed by atoms with Crippen LogP contribution in [-0.4, -0.2) is 35.7 Å². The quantitative estimate of drug-likeness (QED) is 0.710. The highest BCUT2D eigenvalue weighted by Gasteiger charge is 2.20. The highest BCUT2D eigenvalue weighted by molar-refractivity contribution is 4.76. The minimum absolute atomic E-state index is 0.344. The number of hydrogen-bond acceptors (Lipinski definition) is 2. The first-order valence-electron chi connectivity index (χ1n) is 6.23. The second-order valence-electron chi connectivity index (χ2n) is 4.40. The van der Waals surface area contributed by atoms with Gasteiger partial charge in [0, 0.05) is 19.2 Å². The number of piperidine rings is 1. The lowest BCUT2D eigenvalue weighted by Crippen LogP contribution is -2.40. The summed E-state index contributed by atoms with van der Waals surface area (Å²) < 4.78 is 0. The summed E-state index contributed by atoms with van der Waals surface area (Å²) in [5, 5.41) is 8.83. The Morgan fingerprint density at radius 2 is 2.14 bits per heavy atom. The van der Waals surface area contributed by atoms with E-state index in [2.05, 4.69) is 11.8 Å². The summed E-state index contributed by atoms with van der Waals surface area (Å²) in [6.45, 7) is 4.97. The van der Waals surface area contributed by atoms with Gasteiger partial charge in [0.25, 0.3) is 0 Å². The van der Waals surface area contributed by atoms with Crippen LogP contribution in [0.15, 0.2) is 0 Å². The number of nitrogens with zero attached hydrogens (tertiary/aromatic N) is 1. The van der Waals surface area contributed by atoms with Crippen molar-refractivity contribution < 1.29 is 5.11 Å². The van der Waals surface area contributed by atoms with Gasteiger partial charge in [-0.15, -0.1) is 0 Å². The molecule has 0 aromatic rings. The Labute approximate surface area is 88.3 Å². The van der Waals surface area contributed by atoms with Gasteiger partial charge in [-0.1, -0.05) is 26.2 Å². The van der Waals surface area contributed by atoms with Crippen molar-refractivity contribution in [2.45, 2.75) is 57.9 Å². The number of hydrogen-bond donors (Lipinski definition) is 1. The Kier molecular flexibility index (Phi) is 6.20. The molecule has 1 aliphatic heterocycles. The van der Waals surface area contributed by atoms with Gasteiger partial charge in [0.15, 0.2) is 0 Å². The summed E-state index contributed by atoms with van der Waals surface area (Å²) in [4.78, 5) is 2.59. The van der Waals surface area contributed by atoms with Crippen LogP contribution in [0.2, 0.25) is 0 Å². The molecule has 0 amide bonds. The Morgan fingerprint density at radius 3 is 2.86 bits per heavy atom.